The van der Waals surface area contributed by atoms with Gasteiger partial charge in [-0.3, -0.25) is 4.90 Å². The second-order valence-electron chi connectivity index (χ2n) is 6.05. The highest BCUT2D eigenvalue weighted by Crippen LogP contribution is 2.33. The number of hydrogen-bond acceptors (Lipinski definition) is 1. The van der Waals surface area contributed by atoms with E-state index in [1.165, 1.54) is 57.9 Å². The van der Waals surface area contributed by atoms with Gasteiger partial charge in [0.15, 0.2) is 0 Å². The Balaban J connectivity index is 2.60. The molecule has 0 amide bonds. The van der Waals surface area contributed by atoms with Gasteiger partial charge in [0.1, 0.15) is 0 Å². The lowest BCUT2D eigenvalue weighted by Gasteiger charge is -2.43. The maximum atomic E-state index is 2.77. The van der Waals surface area contributed by atoms with Crippen LogP contribution in [0.4, 0.5) is 0 Å². The highest BCUT2D eigenvalue weighted by atomic mass is 15.2. The van der Waals surface area contributed by atoms with Crippen LogP contribution in [0.3, 0.4) is 0 Å². The van der Waals surface area contributed by atoms with Crippen LogP contribution in [0.2, 0.25) is 0 Å². The first-order valence-corrected chi connectivity index (χ1v) is 7.37. The Labute approximate surface area is 103 Å². The van der Waals surface area contributed by atoms with Crippen LogP contribution in [0, 0.1) is 0 Å². The molecule has 0 aliphatic carbocycles. The van der Waals surface area contributed by atoms with Crippen molar-refractivity contribution in [2.45, 2.75) is 90.6 Å². The topological polar surface area (TPSA) is 3.24 Å². The van der Waals surface area contributed by atoms with Crippen molar-refractivity contribution in [2.75, 3.05) is 6.54 Å². The number of nitrogens with zero attached hydrogens (tertiary/aromatic N) is 1. The van der Waals surface area contributed by atoms with Gasteiger partial charge in [0, 0.05) is 11.6 Å². The zero-order chi connectivity index (χ0) is 12.0. The molecule has 1 nitrogen and oxygen atoms in total. The third kappa shape index (κ3) is 3.76. The summed E-state index contributed by atoms with van der Waals surface area (Å²) in [5.41, 5.74) is 0.486. The van der Waals surface area contributed by atoms with Gasteiger partial charge in [0.25, 0.3) is 0 Å². The fourth-order valence-electron chi connectivity index (χ4n) is 3.28. The van der Waals surface area contributed by atoms with Gasteiger partial charge >= 0.3 is 0 Å². The van der Waals surface area contributed by atoms with Gasteiger partial charge in [0.2, 0.25) is 0 Å². The number of likely N-dealkylation sites (tertiary alicyclic amines) is 1. The standard InChI is InChI=1S/C15H31N/c1-5-6-8-11-15(4)12-9-7-10-13-16(15)14(2)3/h14H,5-13H2,1-4H3. The van der Waals surface area contributed by atoms with E-state index < -0.39 is 0 Å². The Morgan fingerprint density at radius 2 is 1.88 bits per heavy atom. The number of hydrogen-bond donors (Lipinski definition) is 0. The minimum absolute atomic E-state index is 0.486. The third-order valence-electron chi connectivity index (χ3n) is 4.25. The molecule has 1 aliphatic heterocycles. The van der Waals surface area contributed by atoms with Crippen LogP contribution in [0.15, 0.2) is 0 Å². The van der Waals surface area contributed by atoms with E-state index in [-0.39, 0.29) is 0 Å². The van der Waals surface area contributed by atoms with Crippen molar-refractivity contribution >= 4 is 0 Å². The maximum absolute atomic E-state index is 2.77. The Morgan fingerprint density at radius 3 is 2.50 bits per heavy atom. The molecule has 1 atom stereocenters. The highest BCUT2D eigenvalue weighted by Gasteiger charge is 2.33. The van der Waals surface area contributed by atoms with Gasteiger partial charge in [0.05, 0.1) is 0 Å². The van der Waals surface area contributed by atoms with Crippen molar-refractivity contribution in [1.82, 2.24) is 4.90 Å². The second-order valence-corrected chi connectivity index (χ2v) is 6.05. The largest absolute Gasteiger partial charge is 0.296 e. The lowest BCUT2D eigenvalue weighted by atomic mass is 9.87. The van der Waals surface area contributed by atoms with E-state index in [1.807, 2.05) is 0 Å². The predicted molar refractivity (Wildman–Crippen MR) is 72.9 cm³/mol. The summed E-state index contributed by atoms with van der Waals surface area (Å²) in [6.07, 6.45) is 11.3. The van der Waals surface area contributed by atoms with Gasteiger partial charge < -0.3 is 0 Å². The molecule has 0 spiro atoms. The molecule has 0 aromatic heterocycles. The van der Waals surface area contributed by atoms with Crippen LogP contribution in [0.25, 0.3) is 0 Å². The van der Waals surface area contributed by atoms with Crippen molar-refractivity contribution in [3.8, 4) is 0 Å². The van der Waals surface area contributed by atoms with Crippen LogP contribution < -0.4 is 0 Å². The van der Waals surface area contributed by atoms with Gasteiger partial charge in [-0.2, -0.15) is 0 Å². The molecule has 1 fully saturated rings. The van der Waals surface area contributed by atoms with E-state index in [0.717, 1.165) is 0 Å². The predicted octanol–water partition coefficient (Wildman–Crippen LogP) is 4.61. The molecule has 0 saturated carbocycles. The molecule has 0 aromatic rings. The van der Waals surface area contributed by atoms with Crippen molar-refractivity contribution < 1.29 is 0 Å². The first kappa shape index (κ1) is 14.0. The maximum Gasteiger partial charge on any atom is 0.0184 e. The molecule has 1 heteroatoms. The summed E-state index contributed by atoms with van der Waals surface area (Å²) in [5.74, 6) is 0. The van der Waals surface area contributed by atoms with E-state index in [0.29, 0.717) is 11.6 Å². The Kier molecular flexibility index (Phi) is 5.82. The fourth-order valence-corrected chi connectivity index (χ4v) is 3.28. The van der Waals surface area contributed by atoms with E-state index in [4.69, 9.17) is 0 Å². The van der Waals surface area contributed by atoms with Crippen LogP contribution in [0.1, 0.15) is 79.1 Å². The lowest BCUT2D eigenvalue weighted by molar-refractivity contribution is 0.0619. The second kappa shape index (κ2) is 6.64. The van der Waals surface area contributed by atoms with Gasteiger partial charge in [-0.05, 0) is 46.6 Å². The lowest BCUT2D eigenvalue weighted by Crippen LogP contribution is -2.49. The summed E-state index contributed by atoms with van der Waals surface area (Å²) in [6.45, 7) is 10.9. The van der Waals surface area contributed by atoms with Crippen molar-refractivity contribution in [1.29, 1.82) is 0 Å². The zero-order valence-electron chi connectivity index (χ0n) is 11.9. The quantitative estimate of drug-likeness (QED) is 0.618. The highest BCUT2D eigenvalue weighted by molar-refractivity contribution is 4.89. The molecule has 0 aromatic carbocycles. The third-order valence-corrected chi connectivity index (χ3v) is 4.25. The van der Waals surface area contributed by atoms with Gasteiger partial charge in [-0.15, -0.1) is 0 Å². The Hall–Kier alpha value is -0.0400. The van der Waals surface area contributed by atoms with Crippen molar-refractivity contribution in [3.05, 3.63) is 0 Å². The average Bonchev–Trinajstić information content (AvgIpc) is 2.41. The smallest absolute Gasteiger partial charge is 0.0184 e. The summed E-state index contributed by atoms with van der Waals surface area (Å²) in [4.78, 5) is 2.77. The van der Waals surface area contributed by atoms with Crippen molar-refractivity contribution in [2.24, 2.45) is 0 Å². The van der Waals surface area contributed by atoms with Crippen LogP contribution in [-0.2, 0) is 0 Å². The molecule has 1 saturated heterocycles. The summed E-state index contributed by atoms with van der Waals surface area (Å²) in [5, 5.41) is 0. The van der Waals surface area contributed by atoms with E-state index in [1.54, 1.807) is 0 Å². The van der Waals surface area contributed by atoms with E-state index in [2.05, 4.69) is 32.6 Å². The fraction of sp³-hybridized carbons (Fsp3) is 1.00. The first-order valence-electron chi connectivity index (χ1n) is 7.37. The van der Waals surface area contributed by atoms with E-state index >= 15 is 0 Å². The summed E-state index contributed by atoms with van der Waals surface area (Å²) in [6, 6.07) is 0.713. The normalized spacial score (nSPS) is 28.3. The SMILES string of the molecule is CCCCCC1(C)CCCCCN1C(C)C. The van der Waals surface area contributed by atoms with Crippen LogP contribution >= 0.6 is 0 Å². The molecule has 1 heterocycles. The van der Waals surface area contributed by atoms with Crippen LogP contribution in [0.5, 0.6) is 0 Å². The summed E-state index contributed by atoms with van der Waals surface area (Å²) in [7, 11) is 0. The molecule has 1 unspecified atom stereocenters. The molecule has 96 valence electrons. The molecule has 0 bridgehead atoms. The van der Waals surface area contributed by atoms with E-state index in [9.17, 15) is 0 Å². The number of unbranched alkanes of at least 4 members (excludes halogenated alkanes) is 2. The van der Waals surface area contributed by atoms with Crippen molar-refractivity contribution in [3.63, 3.8) is 0 Å². The molecule has 16 heavy (non-hydrogen) atoms. The number of rotatable bonds is 5. The first-order chi connectivity index (χ1) is 7.60. The van der Waals surface area contributed by atoms with Gasteiger partial charge in [-0.25, -0.2) is 0 Å². The Bertz CT molecular complexity index is 188. The monoisotopic (exact) mass is 225 g/mol. The molecular formula is C15H31N. The van der Waals surface area contributed by atoms with Crippen LogP contribution in [-0.4, -0.2) is 23.0 Å². The summed E-state index contributed by atoms with van der Waals surface area (Å²) < 4.78 is 0. The molecule has 1 aliphatic rings. The zero-order valence-corrected chi connectivity index (χ0v) is 11.9. The molecule has 0 radical (unpaired) electrons. The minimum Gasteiger partial charge on any atom is -0.296 e. The minimum atomic E-state index is 0.486. The van der Waals surface area contributed by atoms with Gasteiger partial charge in [-0.1, -0.05) is 39.0 Å². The summed E-state index contributed by atoms with van der Waals surface area (Å²) >= 11 is 0. The molecule has 1 rings (SSSR count). The molecular weight excluding hydrogens is 194 g/mol. The Morgan fingerprint density at radius 1 is 1.12 bits per heavy atom. The average molecular weight is 225 g/mol. The molecule has 0 N–H and O–H groups in total.